The number of carbonyl (C=O) groups is 2. The molecule has 0 radical (unpaired) electrons. The van der Waals surface area contributed by atoms with Gasteiger partial charge in [-0.2, -0.15) is 0 Å². The molecule has 1 fully saturated rings. The summed E-state index contributed by atoms with van der Waals surface area (Å²) in [7, 11) is 0. The van der Waals surface area contributed by atoms with Crippen LogP contribution in [0.15, 0.2) is 0 Å². The number of ether oxygens (including phenoxy) is 1. The average Bonchev–Trinajstić information content (AvgIpc) is 2.93. The highest BCUT2D eigenvalue weighted by Crippen LogP contribution is 2.10. The zero-order chi connectivity index (χ0) is 15.0. The van der Waals surface area contributed by atoms with Crippen molar-refractivity contribution in [2.45, 2.75) is 51.7 Å². The number of rotatable bonds is 9. The van der Waals surface area contributed by atoms with Gasteiger partial charge in [0.1, 0.15) is 0 Å². The van der Waals surface area contributed by atoms with Crippen molar-refractivity contribution in [3.8, 4) is 0 Å². The molecule has 2 unspecified atom stereocenters. The maximum absolute atomic E-state index is 11.9. The van der Waals surface area contributed by atoms with Crippen LogP contribution in [0.4, 0.5) is 0 Å². The summed E-state index contributed by atoms with van der Waals surface area (Å²) in [6.07, 6.45) is 3.13. The molecule has 2 atom stereocenters. The van der Waals surface area contributed by atoms with Gasteiger partial charge in [0.15, 0.2) is 0 Å². The molecule has 0 aromatic heterocycles. The van der Waals surface area contributed by atoms with Crippen molar-refractivity contribution < 1.29 is 19.4 Å². The van der Waals surface area contributed by atoms with Gasteiger partial charge in [-0.05, 0) is 26.2 Å². The standard InChI is InChI=1S/C14H26N2O4/c1-3-11(2)16(7-6-14(18)19)10-13(17)15-9-12-5-4-8-20-12/h11-12H,3-10H2,1-2H3,(H,15,17)(H,18,19). The van der Waals surface area contributed by atoms with E-state index in [1.54, 1.807) is 0 Å². The second-order valence-corrected chi connectivity index (χ2v) is 5.31. The highest BCUT2D eigenvalue weighted by atomic mass is 16.5. The number of amides is 1. The molecule has 1 aliphatic heterocycles. The third kappa shape index (κ3) is 6.34. The summed E-state index contributed by atoms with van der Waals surface area (Å²) in [5, 5.41) is 11.6. The average molecular weight is 286 g/mol. The van der Waals surface area contributed by atoms with Crippen molar-refractivity contribution in [1.82, 2.24) is 10.2 Å². The second-order valence-electron chi connectivity index (χ2n) is 5.31. The lowest BCUT2D eigenvalue weighted by molar-refractivity contribution is -0.138. The quantitative estimate of drug-likeness (QED) is 0.657. The third-order valence-corrected chi connectivity index (χ3v) is 3.72. The van der Waals surface area contributed by atoms with E-state index < -0.39 is 5.97 Å². The molecule has 0 aliphatic carbocycles. The molecule has 6 nitrogen and oxygen atoms in total. The van der Waals surface area contributed by atoms with E-state index in [2.05, 4.69) is 5.32 Å². The Kier molecular flexibility index (Phi) is 7.54. The first-order valence-electron chi connectivity index (χ1n) is 7.37. The van der Waals surface area contributed by atoms with Crippen LogP contribution in [0.25, 0.3) is 0 Å². The molecule has 1 rings (SSSR count). The van der Waals surface area contributed by atoms with E-state index in [4.69, 9.17) is 9.84 Å². The third-order valence-electron chi connectivity index (χ3n) is 3.72. The predicted molar refractivity (Wildman–Crippen MR) is 75.6 cm³/mol. The minimum absolute atomic E-state index is 0.0589. The summed E-state index contributed by atoms with van der Waals surface area (Å²) in [4.78, 5) is 24.5. The van der Waals surface area contributed by atoms with Gasteiger partial charge in [0.25, 0.3) is 0 Å². The van der Waals surface area contributed by atoms with Crippen LogP contribution in [0.1, 0.15) is 39.5 Å². The zero-order valence-corrected chi connectivity index (χ0v) is 12.4. The molecule has 0 aromatic rings. The minimum Gasteiger partial charge on any atom is -0.481 e. The Morgan fingerprint density at radius 3 is 2.80 bits per heavy atom. The summed E-state index contributed by atoms with van der Waals surface area (Å²) in [6.45, 7) is 6.01. The molecule has 1 saturated heterocycles. The van der Waals surface area contributed by atoms with E-state index in [-0.39, 0.29) is 31.0 Å². The molecule has 116 valence electrons. The number of hydrogen-bond donors (Lipinski definition) is 2. The maximum Gasteiger partial charge on any atom is 0.304 e. The summed E-state index contributed by atoms with van der Waals surface area (Å²) in [6, 6.07) is 0.197. The van der Waals surface area contributed by atoms with Gasteiger partial charge in [-0.3, -0.25) is 14.5 Å². The molecule has 2 N–H and O–H groups in total. The SMILES string of the molecule is CCC(C)N(CCC(=O)O)CC(=O)NCC1CCCO1. The fraction of sp³-hybridized carbons (Fsp3) is 0.857. The van der Waals surface area contributed by atoms with Crippen LogP contribution in [0.3, 0.4) is 0 Å². The van der Waals surface area contributed by atoms with Crippen molar-refractivity contribution in [2.24, 2.45) is 0 Å². The number of hydrogen-bond acceptors (Lipinski definition) is 4. The lowest BCUT2D eigenvalue weighted by atomic mass is 10.2. The summed E-state index contributed by atoms with van der Waals surface area (Å²) in [5.74, 6) is -0.899. The molecule has 0 bridgehead atoms. The van der Waals surface area contributed by atoms with Gasteiger partial charge in [0.05, 0.1) is 19.1 Å². The molecule has 0 aromatic carbocycles. The van der Waals surface area contributed by atoms with Crippen molar-refractivity contribution in [3.05, 3.63) is 0 Å². The number of nitrogens with zero attached hydrogens (tertiary/aromatic N) is 1. The highest BCUT2D eigenvalue weighted by Gasteiger charge is 2.19. The molecule has 20 heavy (non-hydrogen) atoms. The summed E-state index contributed by atoms with van der Waals surface area (Å²) in [5.41, 5.74) is 0. The monoisotopic (exact) mass is 286 g/mol. The van der Waals surface area contributed by atoms with E-state index in [1.807, 2.05) is 18.7 Å². The fourth-order valence-corrected chi connectivity index (χ4v) is 2.23. The van der Waals surface area contributed by atoms with Gasteiger partial charge >= 0.3 is 5.97 Å². The maximum atomic E-state index is 11.9. The van der Waals surface area contributed by atoms with Crippen LogP contribution >= 0.6 is 0 Å². The van der Waals surface area contributed by atoms with Gasteiger partial charge in [-0.25, -0.2) is 0 Å². The molecular formula is C14H26N2O4. The minimum atomic E-state index is -0.835. The normalized spacial score (nSPS) is 20.1. The first-order valence-corrected chi connectivity index (χ1v) is 7.37. The van der Waals surface area contributed by atoms with E-state index in [1.165, 1.54) is 0 Å². The molecule has 0 spiro atoms. The van der Waals surface area contributed by atoms with Gasteiger partial charge in [0, 0.05) is 25.7 Å². The van der Waals surface area contributed by atoms with E-state index >= 15 is 0 Å². The largest absolute Gasteiger partial charge is 0.481 e. The predicted octanol–water partition coefficient (Wildman–Crippen LogP) is 0.857. The van der Waals surface area contributed by atoms with Crippen molar-refractivity contribution in [3.63, 3.8) is 0 Å². The molecule has 1 aliphatic rings. The van der Waals surface area contributed by atoms with Crippen LogP contribution in [0.2, 0.25) is 0 Å². The van der Waals surface area contributed by atoms with Crippen molar-refractivity contribution in [1.29, 1.82) is 0 Å². The first kappa shape index (κ1) is 16.9. The van der Waals surface area contributed by atoms with Crippen LogP contribution in [-0.2, 0) is 14.3 Å². The highest BCUT2D eigenvalue weighted by molar-refractivity contribution is 5.78. The Bertz CT molecular complexity index is 316. The number of aliphatic carboxylic acids is 1. The van der Waals surface area contributed by atoms with Gasteiger partial charge < -0.3 is 15.2 Å². The number of carboxylic acids is 1. The smallest absolute Gasteiger partial charge is 0.304 e. The molecule has 1 amide bonds. The molecule has 6 heteroatoms. The topological polar surface area (TPSA) is 78.9 Å². The molecule has 1 heterocycles. The molecule has 0 saturated carbocycles. The van der Waals surface area contributed by atoms with Crippen LogP contribution < -0.4 is 5.32 Å². The Labute approximate surface area is 120 Å². The number of carboxylic acid groups (broad SMARTS) is 1. The van der Waals surface area contributed by atoms with Crippen molar-refractivity contribution in [2.75, 3.05) is 26.2 Å². The lowest BCUT2D eigenvalue weighted by Gasteiger charge is -2.27. The van der Waals surface area contributed by atoms with Gasteiger partial charge in [0.2, 0.25) is 5.91 Å². The van der Waals surface area contributed by atoms with Crippen molar-refractivity contribution >= 4 is 11.9 Å². The van der Waals surface area contributed by atoms with Crippen LogP contribution in [-0.4, -0.2) is 60.3 Å². The summed E-state index contributed by atoms with van der Waals surface area (Å²) < 4.78 is 5.45. The van der Waals surface area contributed by atoms with E-state index in [9.17, 15) is 9.59 Å². The summed E-state index contributed by atoms with van der Waals surface area (Å²) >= 11 is 0. The van der Waals surface area contributed by atoms with Crippen LogP contribution in [0, 0.1) is 0 Å². The Balaban J connectivity index is 2.33. The fourth-order valence-electron chi connectivity index (χ4n) is 2.23. The molecular weight excluding hydrogens is 260 g/mol. The first-order chi connectivity index (χ1) is 9.52. The Morgan fingerprint density at radius 1 is 1.50 bits per heavy atom. The number of nitrogens with one attached hydrogen (secondary N) is 1. The number of carbonyl (C=O) groups excluding carboxylic acids is 1. The van der Waals surface area contributed by atoms with Gasteiger partial charge in [-0.1, -0.05) is 6.92 Å². The lowest BCUT2D eigenvalue weighted by Crippen LogP contribution is -2.44. The zero-order valence-electron chi connectivity index (χ0n) is 12.4. The Morgan fingerprint density at radius 2 is 2.25 bits per heavy atom. The van der Waals surface area contributed by atoms with Gasteiger partial charge in [-0.15, -0.1) is 0 Å². The second kappa shape index (κ2) is 8.92. The van der Waals surface area contributed by atoms with E-state index in [0.29, 0.717) is 13.1 Å². The van der Waals surface area contributed by atoms with E-state index in [0.717, 1.165) is 25.9 Å². The van der Waals surface area contributed by atoms with Crippen LogP contribution in [0.5, 0.6) is 0 Å². The Hall–Kier alpha value is -1.14.